The van der Waals surface area contributed by atoms with Gasteiger partial charge < -0.3 is 9.47 Å². The molecule has 2 atom stereocenters. The molecule has 4 heteroatoms. The van der Waals surface area contributed by atoms with E-state index in [-0.39, 0.29) is 13.2 Å². The zero-order valence-corrected chi connectivity index (χ0v) is 14.6. The maximum absolute atomic E-state index is 12.8. The molecule has 0 heterocycles. The van der Waals surface area contributed by atoms with Crippen LogP contribution in [0.1, 0.15) is 30.4 Å². The monoisotopic (exact) mass is 350 g/mol. The third kappa shape index (κ3) is 3.36. The molecular weight excluding hydrogens is 328 g/mol. The van der Waals surface area contributed by atoms with Gasteiger partial charge in [-0.25, -0.2) is 0 Å². The van der Waals surface area contributed by atoms with Crippen molar-refractivity contribution in [2.24, 2.45) is 17.3 Å². The van der Waals surface area contributed by atoms with Gasteiger partial charge in [0.2, 0.25) is 0 Å². The molecule has 0 saturated heterocycles. The van der Waals surface area contributed by atoms with Crippen LogP contribution >= 0.6 is 0 Å². The maximum Gasteiger partial charge on any atom is 0.323 e. The van der Waals surface area contributed by atoms with Crippen molar-refractivity contribution in [3.8, 4) is 0 Å². The third-order valence-corrected chi connectivity index (χ3v) is 5.50. The first-order chi connectivity index (χ1) is 12.7. The van der Waals surface area contributed by atoms with E-state index >= 15 is 0 Å². The van der Waals surface area contributed by atoms with Crippen molar-refractivity contribution in [3.05, 3.63) is 71.8 Å². The second-order valence-corrected chi connectivity index (χ2v) is 7.37. The summed E-state index contributed by atoms with van der Waals surface area (Å²) in [4.78, 5) is 25.7. The molecule has 2 unspecified atom stereocenters. The first-order valence-corrected chi connectivity index (χ1v) is 9.10. The van der Waals surface area contributed by atoms with Crippen molar-refractivity contribution in [2.75, 3.05) is 0 Å². The molecule has 2 aliphatic rings. The smallest absolute Gasteiger partial charge is 0.323 e. The minimum absolute atomic E-state index is 0.183. The second-order valence-electron chi connectivity index (χ2n) is 7.37. The fourth-order valence-electron chi connectivity index (χ4n) is 3.93. The van der Waals surface area contributed by atoms with Crippen molar-refractivity contribution in [1.29, 1.82) is 0 Å². The Hall–Kier alpha value is -2.62. The van der Waals surface area contributed by atoms with Crippen molar-refractivity contribution >= 4 is 11.9 Å². The molecule has 2 aromatic carbocycles. The van der Waals surface area contributed by atoms with E-state index in [9.17, 15) is 9.59 Å². The van der Waals surface area contributed by atoms with Crippen LogP contribution in [-0.4, -0.2) is 11.9 Å². The van der Waals surface area contributed by atoms with E-state index in [0.717, 1.165) is 17.5 Å². The van der Waals surface area contributed by atoms with Gasteiger partial charge in [-0.2, -0.15) is 0 Å². The average molecular weight is 350 g/mol. The number of carbonyl (C=O) groups excluding carboxylic acids is 2. The summed E-state index contributed by atoms with van der Waals surface area (Å²) in [6, 6.07) is 19.0. The summed E-state index contributed by atoms with van der Waals surface area (Å²) >= 11 is 0. The molecule has 0 bridgehead atoms. The van der Waals surface area contributed by atoms with Crippen LogP contribution in [0.5, 0.6) is 0 Å². The van der Waals surface area contributed by atoms with E-state index in [1.165, 1.54) is 0 Å². The van der Waals surface area contributed by atoms with E-state index < -0.39 is 17.4 Å². The van der Waals surface area contributed by atoms with Crippen molar-refractivity contribution < 1.29 is 19.1 Å². The maximum atomic E-state index is 12.8. The topological polar surface area (TPSA) is 52.6 Å². The van der Waals surface area contributed by atoms with Crippen molar-refractivity contribution in [1.82, 2.24) is 0 Å². The summed E-state index contributed by atoms with van der Waals surface area (Å²) in [5, 5.41) is 0. The van der Waals surface area contributed by atoms with E-state index in [1.54, 1.807) is 0 Å². The van der Waals surface area contributed by atoms with Crippen molar-refractivity contribution in [2.45, 2.75) is 32.5 Å². The Bertz CT molecular complexity index is 717. The summed E-state index contributed by atoms with van der Waals surface area (Å²) in [6.07, 6.45) is 2.22. The lowest BCUT2D eigenvalue weighted by Gasteiger charge is -2.26. The second kappa shape index (κ2) is 6.94. The van der Waals surface area contributed by atoms with Crippen LogP contribution < -0.4 is 0 Å². The molecule has 2 fully saturated rings. The molecule has 2 aromatic rings. The Morgan fingerprint density at radius 2 is 1.19 bits per heavy atom. The van der Waals surface area contributed by atoms with E-state index in [1.807, 2.05) is 60.7 Å². The van der Waals surface area contributed by atoms with E-state index in [4.69, 9.17) is 9.47 Å². The zero-order valence-electron chi connectivity index (χ0n) is 14.6. The Morgan fingerprint density at radius 3 is 1.62 bits per heavy atom. The number of hydrogen-bond acceptors (Lipinski definition) is 4. The molecule has 134 valence electrons. The molecule has 0 aromatic heterocycles. The average Bonchev–Trinajstić information content (AvgIpc) is 3.31. The number of carbonyl (C=O) groups is 2. The van der Waals surface area contributed by atoms with Crippen LogP contribution in [-0.2, 0) is 32.3 Å². The zero-order chi connectivity index (χ0) is 18.0. The molecular formula is C22H22O4. The number of fused-ring (bicyclic) bond motifs is 1. The van der Waals surface area contributed by atoms with Gasteiger partial charge in [0.1, 0.15) is 13.2 Å². The fraction of sp³-hybridized carbons (Fsp3) is 0.364. The highest BCUT2D eigenvalue weighted by Gasteiger charge is 2.63. The van der Waals surface area contributed by atoms with E-state index in [2.05, 4.69) is 0 Å². The lowest BCUT2D eigenvalue weighted by Crippen LogP contribution is -2.40. The van der Waals surface area contributed by atoms with Gasteiger partial charge in [0.25, 0.3) is 0 Å². The number of rotatable bonds is 6. The molecule has 4 nitrogen and oxygen atoms in total. The van der Waals surface area contributed by atoms with Gasteiger partial charge in [-0.1, -0.05) is 60.7 Å². The molecule has 4 rings (SSSR count). The van der Waals surface area contributed by atoms with Crippen LogP contribution in [0.4, 0.5) is 0 Å². The number of esters is 2. The molecule has 0 aliphatic heterocycles. The first-order valence-electron chi connectivity index (χ1n) is 9.10. The summed E-state index contributed by atoms with van der Waals surface area (Å²) < 4.78 is 11.0. The molecule has 0 radical (unpaired) electrons. The standard InChI is InChI=1S/C22H22O4/c23-20(25-14-16-7-3-1-4-8-16)22(12-18-11-19(18)13-22)21(24)26-15-17-9-5-2-6-10-17/h1-10,18-19H,11-15H2. The van der Waals surface area contributed by atoms with Crippen LogP contribution in [0, 0.1) is 17.3 Å². The Kier molecular flexibility index (Phi) is 4.49. The largest absolute Gasteiger partial charge is 0.460 e. The third-order valence-electron chi connectivity index (χ3n) is 5.50. The molecule has 2 aliphatic carbocycles. The van der Waals surface area contributed by atoms with Crippen LogP contribution in [0.3, 0.4) is 0 Å². The Morgan fingerprint density at radius 1 is 0.769 bits per heavy atom. The summed E-state index contributed by atoms with van der Waals surface area (Å²) in [7, 11) is 0. The van der Waals surface area contributed by atoms with Crippen LogP contribution in [0.15, 0.2) is 60.7 Å². The minimum atomic E-state index is -1.13. The molecule has 2 saturated carbocycles. The number of hydrogen-bond donors (Lipinski definition) is 0. The predicted octanol–water partition coefficient (Wildman–Crippen LogP) is 3.89. The van der Waals surface area contributed by atoms with Gasteiger partial charge in [-0.15, -0.1) is 0 Å². The number of benzene rings is 2. The summed E-state index contributed by atoms with van der Waals surface area (Å²) in [6.45, 7) is 0.367. The molecule has 0 amide bonds. The Labute approximate surface area is 153 Å². The predicted molar refractivity (Wildman–Crippen MR) is 95.7 cm³/mol. The highest BCUT2D eigenvalue weighted by atomic mass is 16.6. The highest BCUT2D eigenvalue weighted by molar-refractivity contribution is 6.00. The minimum Gasteiger partial charge on any atom is -0.460 e. The lowest BCUT2D eigenvalue weighted by molar-refractivity contribution is -0.174. The van der Waals surface area contributed by atoms with Crippen LogP contribution in [0.2, 0.25) is 0 Å². The van der Waals surface area contributed by atoms with E-state index in [0.29, 0.717) is 24.7 Å². The summed E-state index contributed by atoms with van der Waals surface area (Å²) in [5.74, 6) is 0.0466. The quantitative estimate of drug-likeness (QED) is 0.586. The van der Waals surface area contributed by atoms with Crippen molar-refractivity contribution in [3.63, 3.8) is 0 Å². The molecule has 26 heavy (non-hydrogen) atoms. The van der Waals surface area contributed by atoms with Crippen LogP contribution in [0.25, 0.3) is 0 Å². The van der Waals surface area contributed by atoms with Gasteiger partial charge in [-0.05, 0) is 42.2 Å². The lowest BCUT2D eigenvalue weighted by atomic mass is 9.83. The molecule has 0 spiro atoms. The fourth-order valence-corrected chi connectivity index (χ4v) is 3.93. The number of ether oxygens (including phenoxy) is 2. The van der Waals surface area contributed by atoms with Gasteiger partial charge >= 0.3 is 11.9 Å². The van der Waals surface area contributed by atoms with Gasteiger partial charge in [0.15, 0.2) is 5.41 Å². The summed E-state index contributed by atoms with van der Waals surface area (Å²) in [5.41, 5.74) is 0.700. The van der Waals surface area contributed by atoms with Gasteiger partial charge in [-0.3, -0.25) is 9.59 Å². The SMILES string of the molecule is O=C(OCc1ccccc1)C1(C(=O)OCc2ccccc2)CC2CC2C1. The highest BCUT2D eigenvalue weighted by Crippen LogP contribution is 2.60. The Balaban J connectivity index is 1.43. The van der Waals surface area contributed by atoms with Gasteiger partial charge in [0, 0.05) is 0 Å². The molecule has 0 N–H and O–H groups in total. The van der Waals surface area contributed by atoms with Gasteiger partial charge in [0.05, 0.1) is 0 Å². The first kappa shape index (κ1) is 16.8. The normalized spacial score (nSPS) is 22.3.